The van der Waals surface area contributed by atoms with E-state index in [2.05, 4.69) is 19.7 Å². The zero-order chi connectivity index (χ0) is 11.6. The molecule has 0 aromatic heterocycles. The van der Waals surface area contributed by atoms with Crippen molar-refractivity contribution in [3.8, 4) is 0 Å². The molecule has 0 atom stereocenters. The van der Waals surface area contributed by atoms with Crippen molar-refractivity contribution in [3.63, 3.8) is 0 Å². The quantitative estimate of drug-likeness (QED) is 0.572. The van der Waals surface area contributed by atoms with E-state index in [4.69, 9.17) is 9.22 Å². The average Bonchev–Trinajstić information content (AvgIpc) is 2.14. The van der Waals surface area contributed by atoms with Crippen LogP contribution in [0.5, 0.6) is 0 Å². The van der Waals surface area contributed by atoms with Crippen molar-refractivity contribution in [2.75, 3.05) is 0 Å². The molecule has 0 radical (unpaired) electrons. The Kier molecular flexibility index (Phi) is 12.2. The Hall–Kier alpha value is -0.396. The van der Waals surface area contributed by atoms with Crippen molar-refractivity contribution in [1.82, 2.24) is 0 Å². The summed E-state index contributed by atoms with van der Waals surface area (Å²) in [7, 11) is 0.347. The predicted octanol–water partition coefficient (Wildman–Crippen LogP) is 1.08. The Morgan fingerprint density at radius 2 is 2.00 bits per heavy atom. The molecule has 0 aromatic carbocycles. The molecule has 0 heterocycles. The van der Waals surface area contributed by atoms with Gasteiger partial charge < -0.3 is 9.22 Å². The second kappa shape index (κ2) is 10.7. The molecule has 14 heavy (non-hydrogen) atoms. The lowest BCUT2D eigenvalue weighted by Crippen LogP contribution is -2.02. The van der Waals surface area contributed by atoms with E-state index in [-0.39, 0.29) is 0 Å². The van der Waals surface area contributed by atoms with Crippen LogP contribution < -0.4 is 0 Å². The first-order valence-electron chi connectivity index (χ1n) is 4.89. The summed E-state index contributed by atoms with van der Waals surface area (Å²) in [6.07, 6.45) is 2.56. The van der Waals surface area contributed by atoms with Crippen LogP contribution in [0.3, 0.4) is 0 Å². The van der Waals surface area contributed by atoms with Gasteiger partial charge in [-0.1, -0.05) is 19.9 Å². The lowest BCUT2D eigenvalue weighted by Gasteiger charge is -1.95. The molecule has 0 fully saturated rings. The van der Waals surface area contributed by atoms with Crippen molar-refractivity contribution in [1.29, 1.82) is 0 Å². The van der Waals surface area contributed by atoms with Crippen LogP contribution in [0, 0.1) is 0 Å². The zero-order valence-corrected chi connectivity index (χ0v) is 12.8. The topological polar surface area (TPSA) is 46.5 Å². The summed E-state index contributed by atoms with van der Waals surface area (Å²) in [6.45, 7) is 9.76. The second-order valence-corrected chi connectivity index (χ2v) is 7.28. The van der Waals surface area contributed by atoms with E-state index in [1.807, 2.05) is 6.92 Å². The van der Waals surface area contributed by atoms with Gasteiger partial charge in [0, 0.05) is 5.57 Å². The van der Waals surface area contributed by atoms with Crippen LogP contribution in [0.1, 0.15) is 26.2 Å². The summed E-state index contributed by atoms with van der Waals surface area (Å²) in [4.78, 5) is 10.1. The Bertz CT molecular complexity index is 169. The highest BCUT2D eigenvalue weighted by atomic mass is 28.3. The molecule has 1 N–H and O–H groups in total. The highest BCUT2D eigenvalue weighted by Gasteiger charge is 2.00. The van der Waals surface area contributed by atoms with E-state index < -0.39 is 15.0 Å². The fraction of sp³-hybridized carbons (Fsp3) is 0.667. The smallest absolute Gasteiger partial charge is 0.330 e. The van der Waals surface area contributed by atoms with Crippen molar-refractivity contribution < 1.29 is 14.0 Å². The van der Waals surface area contributed by atoms with Gasteiger partial charge in [-0.05, 0) is 25.9 Å². The molecule has 0 aliphatic carbocycles. The third-order valence-corrected chi connectivity index (χ3v) is 5.38. The summed E-state index contributed by atoms with van der Waals surface area (Å²) in [5.41, 5.74) is 0.317. The number of carbonyl (C=O) groups is 1. The molecule has 3 nitrogen and oxygen atoms in total. The van der Waals surface area contributed by atoms with E-state index in [9.17, 15) is 4.79 Å². The number of aliphatic carboxylic acids is 1. The molecule has 0 aromatic rings. The Labute approximate surface area is 91.4 Å². The molecule has 0 bridgehead atoms. The molecule has 0 aliphatic heterocycles. The SMILES string of the molecule is C=C(CCCC)C(=O)O.C[SiH](C)O[SiH3]. The molecule has 0 rings (SSSR count). The van der Waals surface area contributed by atoms with Gasteiger partial charge in [0.25, 0.3) is 0 Å². The Morgan fingerprint density at radius 1 is 1.57 bits per heavy atom. The number of hydrogen-bond donors (Lipinski definition) is 1. The van der Waals surface area contributed by atoms with Crippen LogP contribution in [0.25, 0.3) is 0 Å². The minimum Gasteiger partial charge on any atom is -0.478 e. The van der Waals surface area contributed by atoms with Crippen molar-refractivity contribution in [2.24, 2.45) is 0 Å². The van der Waals surface area contributed by atoms with Crippen molar-refractivity contribution >= 4 is 25.5 Å². The average molecular weight is 234 g/mol. The van der Waals surface area contributed by atoms with Crippen LogP contribution in [0.2, 0.25) is 13.1 Å². The second-order valence-electron chi connectivity index (χ2n) is 3.30. The normalized spacial score (nSPS) is 9.43. The molecule has 0 saturated carbocycles. The zero-order valence-electron chi connectivity index (χ0n) is 9.67. The van der Waals surface area contributed by atoms with Crippen molar-refractivity contribution in [2.45, 2.75) is 39.3 Å². The first kappa shape index (κ1) is 16.0. The molecule has 84 valence electrons. The van der Waals surface area contributed by atoms with Crippen LogP contribution in [0.15, 0.2) is 12.2 Å². The first-order valence-corrected chi connectivity index (χ1v) is 8.49. The Morgan fingerprint density at radius 3 is 2.21 bits per heavy atom. The fourth-order valence-corrected chi connectivity index (χ4v) is 0.497. The first-order chi connectivity index (χ1) is 6.45. The highest BCUT2D eigenvalue weighted by molar-refractivity contribution is 6.52. The van der Waals surface area contributed by atoms with Gasteiger partial charge in [0.05, 0.1) is 0 Å². The number of carboxylic acid groups (broad SMARTS) is 1. The van der Waals surface area contributed by atoms with Crippen LogP contribution in [-0.2, 0) is 8.91 Å². The largest absolute Gasteiger partial charge is 0.478 e. The minimum atomic E-state index is -0.872. The molecular weight excluding hydrogens is 212 g/mol. The molecule has 0 unspecified atom stereocenters. The van der Waals surface area contributed by atoms with E-state index in [0.29, 0.717) is 12.0 Å². The highest BCUT2D eigenvalue weighted by Crippen LogP contribution is 2.03. The molecule has 0 amide bonds. The monoisotopic (exact) mass is 234 g/mol. The summed E-state index contributed by atoms with van der Waals surface area (Å²) >= 11 is 0. The van der Waals surface area contributed by atoms with Gasteiger partial charge in [-0.3, -0.25) is 0 Å². The lowest BCUT2D eigenvalue weighted by atomic mass is 10.1. The number of hydrogen-bond acceptors (Lipinski definition) is 2. The predicted molar refractivity (Wildman–Crippen MR) is 66.2 cm³/mol. The number of rotatable bonds is 5. The fourth-order valence-electron chi connectivity index (χ4n) is 0.497. The minimum absolute atomic E-state index is 0.317. The summed E-state index contributed by atoms with van der Waals surface area (Å²) in [5.74, 6) is -0.872. The summed E-state index contributed by atoms with van der Waals surface area (Å²) in [5, 5.41) is 8.31. The van der Waals surface area contributed by atoms with Crippen LogP contribution in [0.4, 0.5) is 0 Å². The van der Waals surface area contributed by atoms with Gasteiger partial charge in [-0.2, -0.15) is 0 Å². The maximum Gasteiger partial charge on any atom is 0.330 e. The Balaban J connectivity index is 0. The number of carboxylic acids is 1. The maximum atomic E-state index is 10.1. The van der Waals surface area contributed by atoms with Gasteiger partial charge in [-0.25, -0.2) is 4.79 Å². The molecular formula is C9H22O3Si2. The number of unbranched alkanes of at least 4 members (excludes halogenated alkanes) is 1. The van der Waals surface area contributed by atoms with E-state index >= 15 is 0 Å². The lowest BCUT2D eigenvalue weighted by molar-refractivity contribution is -0.132. The van der Waals surface area contributed by atoms with Gasteiger partial charge >= 0.3 is 5.97 Å². The van der Waals surface area contributed by atoms with Crippen LogP contribution >= 0.6 is 0 Å². The third-order valence-electron chi connectivity index (χ3n) is 1.61. The van der Waals surface area contributed by atoms with Crippen LogP contribution in [-0.4, -0.2) is 30.6 Å². The van der Waals surface area contributed by atoms with E-state index in [1.165, 1.54) is 0 Å². The van der Waals surface area contributed by atoms with Gasteiger partial charge in [0.1, 0.15) is 10.5 Å². The standard InChI is InChI=1S/C7H12O2.C2H10OSi2/c1-3-4-5-6(2)7(8)9;1-5(2)3-4/h2-5H2,1H3,(H,8,9);5H,1-2,4H3. The molecule has 0 spiro atoms. The van der Waals surface area contributed by atoms with E-state index in [1.54, 1.807) is 0 Å². The molecule has 0 saturated heterocycles. The molecule has 0 aliphatic rings. The summed E-state index contributed by atoms with van der Waals surface area (Å²) < 4.78 is 5.03. The van der Waals surface area contributed by atoms with Gasteiger partial charge in [0.15, 0.2) is 9.04 Å². The van der Waals surface area contributed by atoms with Crippen molar-refractivity contribution in [3.05, 3.63) is 12.2 Å². The van der Waals surface area contributed by atoms with Gasteiger partial charge in [-0.15, -0.1) is 0 Å². The summed E-state index contributed by atoms with van der Waals surface area (Å²) in [6, 6.07) is 0. The maximum absolute atomic E-state index is 10.1. The third kappa shape index (κ3) is 14.1. The van der Waals surface area contributed by atoms with Gasteiger partial charge in [0.2, 0.25) is 0 Å². The van der Waals surface area contributed by atoms with E-state index in [0.717, 1.165) is 23.3 Å². The molecule has 5 heteroatoms.